The van der Waals surface area contributed by atoms with Crippen molar-refractivity contribution in [2.45, 2.75) is 18.8 Å². The van der Waals surface area contributed by atoms with Gasteiger partial charge in [0.25, 0.3) is 0 Å². The van der Waals surface area contributed by atoms with Crippen LogP contribution >= 0.6 is 0 Å². The van der Waals surface area contributed by atoms with Crippen LogP contribution in [0.3, 0.4) is 0 Å². The topological polar surface area (TPSA) is 100 Å². The zero-order valence-corrected chi connectivity index (χ0v) is 26.5. The van der Waals surface area contributed by atoms with Crippen LogP contribution in [0.25, 0.3) is 11.1 Å². The Morgan fingerprint density at radius 3 is 1.80 bits per heavy atom. The molecule has 0 amide bonds. The van der Waals surface area contributed by atoms with E-state index in [1.807, 2.05) is 0 Å². The van der Waals surface area contributed by atoms with Crippen LogP contribution in [0, 0.1) is 40.1 Å². The minimum atomic E-state index is -0.770. The van der Waals surface area contributed by atoms with Gasteiger partial charge in [-0.3, -0.25) is 0 Å². The van der Waals surface area contributed by atoms with Gasteiger partial charge in [0.2, 0.25) is 0 Å². The molecule has 0 radical (unpaired) electrons. The van der Waals surface area contributed by atoms with Gasteiger partial charge in [-0.05, 0) is 102 Å². The first-order valence-corrected chi connectivity index (χ1v) is 15.5. The van der Waals surface area contributed by atoms with E-state index in [4.69, 9.17) is 20.0 Å². The second kappa shape index (κ2) is 14.8. The van der Waals surface area contributed by atoms with Crippen molar-refractivity contribution < 1.29 is 36.6 Å². The molecule has 5 aromatic carbocycles. The largest absolute Gasteiger partial charge is 0.423 e. The number of carbonyl (C=O) groups is 2. The first-order valence-electron chi connectivity index (χ1n) is 15.5. The summed E-state index contributed by atoms with van der Waals surface area (Å²) in [7, 11) is 0. The molecule has 0 saturated heterocycles. The molecule has 0 bridgehead atoms. The summed E-state index contributed by atoms with van der Waals surface area (Å²) in [6, 6.07) is 28.1. The van der Waals surface area contributed by atoms with Crippen molar-refractivity contribution in [1.29, 1.82) is 10.5 Å². The fourth-order valence-electron chi connectivity index (χ4n) is 5.50. The van der Waals surface area contributed by atoms with Crippen molar-refractivity contribution >= 4 is 11.9 Å². The highest BCUT2D eigenvalue weighted by Gasteiger charge is 2.23. The van der Waals surface area contributed by atoms with Gasteiger partial charge in [0.05, 0.1) is 22.3 Å². The number of ether oxygens (including phenoxy) is 2. The van der Waals surface area contributed by atoms with E-state index in [-0.39, 0.29) is 51.3 Å². The molecule has 0 aromatic heterocycles. The molecule has 1 aliphatic carbocycles. The van der Waals surface area contributed by atoms with E-state index >= 15 is 0 Å². The average Bonchev–Trinajstić information content (AvgIpc) is 3.12. The van der Waals surface area contributed by atoms with E-state index in [2.05, 4.69) is 0 Å². The summed E-state index contributed by atoms with van der Waals surface area (Å²) < 4.78 is 68.4. The van der Waals surface area contributed by atoms with E-state index in [0.29, 0.717) is 12.0 Å². The molecule has 0 fully saturated rings. The summed E-state index contributed by atoms with van der Waals surface area (Å²) in [5, 5.41) is 17.8. The van der Waals surface area contributed by atoms with Crippen molar-refractivity contribution in [3.05, 3.63) is 183 Å². The van der Waals surface area contributed by atoms with Crippen molar-refractivity contribution in [3.63, 3.8) is 0 Å². The van der Waals surface area contributed by atoms with Gasteiger partial charge in [0.15, 0.2) is 0 Å². The first kappa shape index (κ1) is 34.1. The Kier molecular flexibility index (Phi) is 9.88. The summed E-state index contributed by atoms with van der Waals surface area (Å²) in [6.45, 7) is 0. The fraction of sp³-hybridized carbons (Fsp3) is 0.0732. The van der Waals surface area contributed by atoms with E-state index in [0.717, 1.165) is 35.4 Å². The van der Waals surface area contributed by atoms with Gasteiger partial charge in [0, 0.05) is 23.6 Å². The normalized spacial score (nSPS) is 13.6. The Morgan fingerprint density at radius 1 is 0.667 bits per heavy atom. The lowest BCUT2D eigenvalue weighted by molar-refractivity contribution is 0.0632. The van der Waals surface area contributed by atoms with Gasteiger partial charge < -0.3 is 9.47 Å². The average molecular weight is 685 g/mol. The summed E-state index contributed by atoms with van der Waals surface area (Å²) in [6.07, 6.45) is 3.25. The number of hydrogen-bond donors (Lipinski definition) is 0. The number of nitrogens with zero attached hydrogens (tertiary/aromatic N) is 2. The molecule has 1 unspecified atom stereocenters. The highest BCUT2D eigenvalue weighted by molar-refractivity contribution is 5.91. The number of halogens is 4. The molecule has 0 aliphatic heterocycles. The number of benzene rings is 5. The van der Waals surface area contributed by atoms with Crippen LogP contribution in [0.15, 0.2) is 127 Å². The number of rotatable bonds is 8. The first-order chi connectivity index (χ1) is 24.6. The Balaban J connectivity index is 1.02. The molecule has 0 heterocycles. The third-order valence-corrected chi connectivity index (χ3v) is 8.23. The maximum atomic E-state index is 14.9. The molecule has 0 saturated carbocycles. The van der Waals surface area contributed by atoms with Gasteiger partial charge in [-0.1, -0.05) is 36.4 Å². The Morgan fingerprint density at radius 2 is 1.25 bits per heavy atom. The van der Waals surface area contributed by atoms with Gasteiger partial charge >= 0.3 is 11.9 Å². The SMILES string of the molecule is N#Cc1ccc(-c2ccc(OC(=O)c3ccc(Cc4ccc(C(=O)OC5=CCC(c6ccc(C#N)c(F)c6)C(F)=C5)cc4)cc3)cc2F)cc1F. The third kappa shape index (κ3) is 7.77. The third-order valence-electron chi connectivity index (χ3n) is 8.23. The van der Waals surface area contributed by atoms with Crippen LogP contribution in [0.2, 0.25) is 0 Å². The molecule has 10 heteroatoms. The highest BCUT2D eigenvalue weighted by atomic mass is 19.1. The van der Waals surface area contributed by atoms with Crippen LogP contribution in [0.1, 0.15) is 60.9 Å². The van der Waals surface area contributed by atoms with Gasteiger partial charge in [-0.25, -0.2) is 27.2 Å². The Labute approximate surface area is 289 Å². The van der Waals surface area contributed by atoms with E-state index < -0.39 is 41.1 Å². The maximum Gasteiger partial charge on any atom is 0.343 e. The number of nitriles is 2. The van der Waals surface area contributed by atoms with E-state index in [9.17, 15) is 27.2 Å². The number of hydrogen-bond acceptors (Lipinski definition) is 6. The van der Waals surface area contributed by atoms with E-state index in [1.54, 1.807) is 66.7 Å². The molecule has 51 heavy (non-hydrogen) atoms. The van der Waals surface area contributed by atoms with Crippen LogP contribution in [0.5, 0.6) is 5.75 Å². The summed E-state index contributed by atoms with van der Waals surface area (Å²) in [4.78, 5) is 25.5. The summed E-state index contributed by atoms with van der Waals surface area (Å²) >= 11 is 0. The minimum Gasteiger partial charge on any atom is -0.423 e. The fourth-order valence-corrected chi connectivity index (χ4v) is 5.50. The van der Waals surface area contributed by atoms with Crippen molar-refractivity contribution in [2.24, 2.45) is 0 Å². The van der Waals surface area contributed by atoms with Crippen LogP contribution in [-0.4, -0.2) is 11.9 Å². The highest BCUT2D eigenvalue weighted by Crippen LogP contribution is 2.35. The van der Waals surface area contributed by atoms with Crippen molar-refractivity contribution in [2.75, 3.05) is 0 Å². The molecule has 5 aromatic rings. The molecule has 6 nitrogen and oxygen atoms in total. The summed E-state index contributed by atoms with van der Waals surface area (Å²) in [5.74, 6) is -4.98. The summed E-state index contributed by atoms with van der Waals surface area (Å²) in [5.41, 5.74) is 2.59. The Bertz CT molecular complexity index is 2320. The predicted molar refractivity (Wildman–Crippen MR) is 178 cm³/mol. The van der Waals surface area contributed by atoms with Crippen LogP contribution in [-0.2, 0) is 11.2 Å². The van der Waals surface area contributed by atoms with Gasteiger partial charge in [-0.2, -0.15) is 10.5 Å². The smallest absolute Gasteiger partial charge is 0.343 e. The standard InChI is InChI=1S/C41H24F4N2O4/c42-36-18-28(9-11-30(36)22-46)34-15-13-32(20-38(34)44)50-40(48)26-5-1-24(2-6-26)17-25-3-7-27(8-4-25)41(49)51-33-14-16-35(39(45)21-33)29-10-12-31(23-47)37(43)19-29/h1-15,18-21,35H,16-17H2. The quantitative estimate of drug-likeness (QED) is 0.0918. The second-order valence-corrected chi connectivity index (χ2v) is 11.6. The number of esters is 2. The monoisotopic (exact) mass is 684 g/mol. The molecule has 6 rings (SSSR count). The maximum absolute atomic E-state index is 14.9. The number of carbonyl (C=O) groups excluding carboxylic acids is 2. The zero-order valence-electron chi connectivity index (χ0n) is 26.5. The molecule has 0 spiro atoms. The van der Waals surface area contributed by atoms with Crippen molar-refractivity contribution in [1.82, 2.24) is 0 Å². The zero-order chi connectivity index (χ0) is 36.1. The lowest BCUT2D eigenvalue weighted by Crippen LogP contribution is -2.09. The lowest BCUT2D eigenvalue weighted by Gasteiger charge is -2.19. The molecular weight excluding hydrogens is 660 g/mol. The van der Waals surface area contributed by atoms with Gasteiger partial charge in [0.1, 0.15) is 46.9 Å². The van der Waals surface area contributed by atoms with Crippen LogP contribution < -0.4 is 4.74 Å². The predicted octanol–water partition coefficient (Wildman–Crippen LogP) is 9.41. The van der Waals surface area contributed by atoms with Crippen molar-refractivity contribution in [3.8, 4) is 29.0 Å². The molecular formula is C41H24F4N2O4. The van der Waals surface area contributed by atoms with Crippen LogP contribution in [0.4, 0.5) is 17.6 Å². The lowest BCUT2D eigenvalue weighted by atomic mass is 9.90. The second-order valence-electron chi connectivity index (χ2n) is 11.6. The van der Waals surface area contributed by atoms with E-state index in [1.165, 1.54) is 36.4 Å². The minimum absolute atomic E-state index is 0.0347. The molecule has 250 valence electrons. The number of allylic oxidation sites excluding steroid dienone is 3. The molecule has 0 N–H and O–H groups in total. The van der Waals surface area contributed by atoms with Gasteiger partial charge in [-0.15, -0.1) is 0 Å². The Hall–Kier alpha value is -6.78. The molecule has 1 atom stereocenters. The molecule has 1 aliphatic rings.